The van der Waals surface area contributed by atoms with E-state index < -0.39 is 17.9 Å². The molecule has 1 N–H and O–H groups in total. The molecule has 0 aliphatic rings. The van der Waals surface area contributed by atoms with Gasteiger partial charge in [0.25, 0.3) is 5.91 Å². The summed E-state index contributed by atoms with van der Waals surface area (Å²) in [5.74, 6) is -1.18. The number of benzene rings is 1. The van der Waals surface area contributed by atoms with Gasteiger partial charge in [0.15, 0.2) is 18.4 Å². The number of hydrogen-bond donors (Lipinski definition) is 1. The van der Waals surface area contributed by atoms with Crippen molar-refractivity contribution < 1.29 is 23.5 Å². The van der Waals surface area contributed by atoms with Gasteiger partial charge in [0, 0.05) is 6.07 Å². The average Bonchev–Trinajstić information content (AvgIpc) is 3.21. The third-order valence-corrected chi connectivity index (χ3v) is 3.52. The minimum absolute atomic E-state index is 0.0324. The van der Waals surface area contributed by atoms with Gasteiger partial charge in [-0.2, -0.15) is 0 Å². The van der Waals surface area contributed by atoms with Gasteiger partial charge in [0.05, 0.1) is 12.5 Å². The van der Waals surface area contributed by atoms with Gasteiger partial charge < -0.3 is 19.7 Å². The van der Waals surface area contributed by atoms with Crippen molar-refractivity contribution in [3.8, 4) is 0 Å². The topological polar surface area (TPSA) is 108 Å². The molecule has 3 rings (SSSR count). The lowest BCUT2D eigenvalue weighted by atomic mass is 10.1. The maximum absolute atomic E-state index is 12.5. The van der Waals surface area contributed by atoms with Crippen LogP contribution in [0.2, 0.25) is 0 Å². The Hall–Kier alpha value is -3.68. The Kier molecular flexibility index (Phi) is 5.23. The molecule has 0 spiro atoms. The molecule has 1 unspecified atom stereocenters. The molecule has 0 saturated heterocycles. The van der Waals surface area contributed by atoms with Gasteiger partial charge in [-0.05, 0) is 22.7 Å². The van der Waals surface area contributed by atoms with Crippen LogP contribution < -0.4 is 10.0 Å². The Balaban J connectivity index is 1.75. The highest BCUT2D eigenvalue weighted by Crippen LogP contribution is 2.16. The Labute approximate surface area is 148 Å². The quantitative estimate of drug-likeness (QED) is 0.409. The fourth-order valence-electron chi connectivity index (χ4n) is 2.24. The van der Waals surface area contributed by atoms with Gasteiger partial charge in [-0.3, -0.25) is 4.79 Å². The second-order valence-electron chi connectivity index (χ2n) is 5.26. The van der Waals surface area contributed by atoms with Crippen LogP contribution in [0.5, 0.6) is 0 Å². The molecular formula is C18H15N3O5. The van der Waals surface area contributed by atoms with Crippen LogP contribution in [0.25, 0.3) is 0 Å². The first-order chi connectivity index (χ1) is 12.6. The number of esters is 1. The molecule has 1 amide bonds. The first-order valence-corrected chi connectivity index (χ1v) is 7.74. The molecule has 2 aromatic heterocycles. The molecule has 0 aliphatic carbocycles. The van der Waals surface area contributed by atoms with Crippen molar-refractivity contribution in [3.63, 3.8) is 0 Å². The molecule has 8 nitrogen and oxygen atoms in total. The highest BCUT2D eigenvalue weighted by Gasteiger charge is 2.26. The van der Waals surface area contributed by atoms with Gasteiger partial charge in [-0.15, -0.1) is 0 Å². The summed E-state index contributed by atoms with van der Waals surface area (Å²) < 4.78 is 10.7. The molecule has 0 bridgehead atoms. The first kappa shape index (κ1) is 17.2. The van der Waals surface area contributed by atoms with Crippen molar-refractivity contribution in [1.82, 2.24) is 10.3 Å². The van der Waals surface area contributed by atoms with E-state index in [0.29, 0.717) is 10.3 Å². The summed E-state index contributed by atoms with van der Waals surface area (Å²) in [7, 11) is 0. The number of carbonyl (C=O) groups is 2. The van der Waals surface area contributed by atoms with Crippen molar-refractivity contribution in [2.24, 2.45) is 0 Å². The summed E-state index contributed by atoms with van der Waals surface area (Å²) >= 11 is 0. The Morgan fingerprint density at radius 2 is 2.00 bits per heavy atom. The highest BCUT2D eigenvalue weighted by molar-refractivity contribution is 5.94. The zero-order valence-electron chi connectivity index (χ0n) is 13.6. The first-order valence-electron chi connectivity index (χ1n) is 7.74. The second-order valence-corrected chi connectivity index (χ2v) is 5.26. The predicted molar refractivity (Wildman–Crippen MR) is 88.4 cm³/mol. The van der Waals surface area contributed by atoms with Crippen molar-refractivity contribution in [3.05, 3.63) is 89.5 Å². The van der Waals surface area contributed by atoms with E-state index in [1.165, 1.54) is 30.8 Å². The van der Waals surface area contributed by atoms with Crippen LogP contribution in [-0.2, 0) is 16.1 Å². The maximum atomic E-state index is 12.5. The van der Waals surface area contributed by atoms with Crippen molar-refractivity contribution in [2.75, 3.05) is 0 Å². The van der Waals surface area contributed by atoms with Gasteiger partial charge in [0.1, 0.15) is 6.20 Å². The number of hydrogen-bond acceptors (Lipinski definition) is 6. The lowest BCUT2D eigenvalue weighted by Gasteiger charge is -2.17. The number of carbonyl (C=O) groups excluding carboxylic acids is 2. The van der Waals surface area contributed by atoms with Gasteiger partial charge >= 0.3 is 11.8 Å². The number of nitrogens with zero attached hydrogens (tertiary/aromatic N) is 2. The molecule has 0 radical (unpaired) electrons. The monoisotopic (exact) mass is 353 g/mol. The molecule has 0 saturated carbocycles. The Morgan fingerprint density at radius 1 is 1.19 bits per heavy atom. The number of aromatic nitrogens is 2. The summed E-state index contributed by atoms with van der Waals surface area (Å²) in [4.78, 5) is 28.6. The van der Waals surface area contributed by atoms with E-state index in [1.54, 1.807) is 36.4 Å². The minimum atomic E-state index is -1.06. The van der Waals surface area contributed by atoms with Gasteiger partial charge in [-0.1, -0.05) is 30.3 Å². The van der Waals surface area contributed by atoms with Crippen LogP contribution in [-0.4, -0.2) is 16.9 Å². The third-order valence-electron chi connectivity index (χ3n) is 3.52. The van der Waals surface area contributed by atoms with E-state index in [2.05, 4.69) is 10.3 Å². The molecule has 2 heterocycles. The summed E-state index contributed by atoms with van der Waals surface area (Å²) in [5, 5.41) is 14.2. The van der Waals surface area contributed by atoms with Crippen LogP contribution in [0.1, 0.15) is 28.0 Å². The van der Waals surface area contributed by atoms with E-state index >= 15 is 0 Å². The summed E-state index contributed by atoms with van der Waals surface area (Å²) in [6.45, 7) is -0.316. The molecule has 1 aromatic carbocycles. The lowest BCUT2D eigenvalue weighted by Crippen LogP contribution is -2.37. The summed E-state index contributed by atoms with van der Waals surface area (Å²) in [6, 6.07) is 12.1. The van der Waals surface area contributed by atoms with Crippen molar-refractivity contribution in [1.29, 1.82) is 0 Å². The highest BCUT2D eigenvalue weighted by atomic mass is 16.5. The molecule has 0 fully saturated rings. The average molecular weight is 353 g/mol. The van der Waals surface area contributed by atoms with Crippen molar-refractivity contribution in [2.45, 2.75) is 12.6 Å². The van der Waals surface area contributed by atoms with Gasteiger partial charge in [-0.25, -0.2) is 9.52 Å². The Bertz CT molecular complexity index is 881. The number of nitrogens with one attached hydrogen (secondary N) is 1. The zero-order valence-corrected chi connectivity index (χ0v) is 13.6. The zero-order chi connectivity index (χ0) is 18.4. The maximum Gasteiger partial charge on any atom is 0.339 e. The number of ether oxygens (including phenoxy) is 1. The number of amides is 1. The van der Waals surface area contributed by atoms with E-state index in [-0.39, 0.29) is 18.2 Å². The molecule has 1 atom stereocenters. The van der Waals surface area contributed by atoms with E-state index in [9.17, 15) is 14.8 Å². The molecular weight excluding hydrogens is 338 g/mol. The second kappa shape index (κ2) is 7.93. The summed E-state index contributed by atoms with van der Waals surface area (Å²) in [5.41, 5.74) is 0.536. The van der Waals surface area contributed by atoms with E-state index in [0.717, 1.165) is 0 Å². The fourth-order valence-corrected chi connectivity index (χ4v) is 2.24. The molecule has 132 valence electrons. The van der Waals surface area contributed by atoms with Crippen LogP contribution >= 0.6 is 0 Å². The molecule has 3 aromatic rings. The van der Waals surface area contributed by atoms with Crippen molar-refractivity contribution >= 4 is 11.9 Å². The largest absolute Gasteiger partial charge is 0.711 e. The minimum Gasteiger partial charge on any atom is -0.711 e. The van der Waals surface area contributed by atoms with Crippen LogP contribution in [0.3, 0.4) is 0 Å². The lowest BCUT2D eigenvalue weighted by molar-refractivity contribution is -0.620. The standard InChI is InChI=1S/C18H15N3O5/c22-17(14-8-4-11-25-14)20-16(13-6-2-1-3-7-13)18(23)26-12-15-19-9-5-10-21(15)24/h1-11,16H,12H2,(H,20,22). The smallest absolute Gasteiger partial charge is 0.339 e. The van der Waals surface area contributed by atoms with E-state index in [1.807, 2.05) is 0 Å². The molecule has 8 heteroatoms. The van der Waals surface area contributed by atoms with Crippen LogP contribution in [0, 0.1) is 5.21 Å². The van der Waals surface area contributed by atoms with Gasteiger partial charge in [0.2, 0.25) is 0 Å². The molecule has 0 aliphatic heterocycles. The SMILES string of the molecule is O=C(NC(C(=O)OCc1nccc[n+]1[O-])c1ccccc1)c1ccco1. The summed E-state index contributed by atoms with van der Waals surface area (Å²) in [6.07, 6.45) is 4.04. The predicted octanol–water partition coefficient (Wildman–Crippen LogP) is 1.52. The fraction of sp³-hybridized carbons (Fsp3) is 0.111. The van der Waals surface area contributed by atoms with Crippen LogP contribution in [0.15, 0.2) is 71.6 Å². The normalized spacial score (nSPS) is 11.5. The Morgan fingerprint density at radius 3 is 2.69 bits per heavy atom. The third kappa shape index (κ3) is 4.04. The number of rotatable bonds is 6. The van der Waals surface area contributed by atoms with Crippen LogP contribution in [0.4, 0.5) is 0 Å². The molecule has 26 heavy (non-hydrogen) atoms. The van der Waals surface area contributed by atoms with E-state index in [4.69, 9.17) is 9.15 Å². The number of furan rings is 1.